The summed E-state index contributed by atoms with van der Waals surface area (Å²) < 4.78 is 26.5. The Hall–Kier alpha value is -2.18. The van der Waals surface area contributed by atoms with E-state index >= 15 is 0 Å². The van der Waals surface area contributed by atoms with E-state index in [9.17, 15) is 23.8 Å². The molecule has 0 heterocycles. The fraction of sp³-hybridized carbons (Fsp3) is 0.133. The Morgan fingerprint density at radius 3 is 2.41 bits per heavy atom. The lowest BCUT2D eigenvalue weighted by Crippen LogP contribution is -2.31. The number of aliphatic hydroxyl groups is 1. The number of rotatable bonds is 4. The normalized spacial score (nSPS) is 12.0. The smallest absolute Gasteiger partial charge is 0.258 e. The molecule has 1 amide bonds. The van der Waals surface area contributed by atoms with Gasteiger partial charge in [0.15, 0.2) is 0 Å². The average Bonchev–Trinajstić information content (AvgIpc) is 2.44. The highest BCUT2D eigenvalue weighted by Crippen LogP contribution is 2.23. The van der Waals surface area contributed by atoms with Crippen molar-refractivity contribution >= 4 is 17.5 Å². The minimum atomic E-state index is -1.19. The molecule has 0 spiro atoms. The molecule has 0 radical (unpaired) electrons. The van der Waals surface area contributed by atoms with Gasteiger partial charge in [0, 0.05) is 17.2 Å². The highest BCUT2D eigenvalue weighted by atomic mass is 35.5. The number of aromatic hydroxyl groups is 1. The first-order chi connectivity index (χ1) is 10.4. The number of carbonyl (C=O) groups excluding carboxylic acids is 1. The molecule has 0 saturated heterocycles. The SMILES string of the molecule is O=C(NC(CO)c1ccc(Cl)cc1)c1c(O)cc(F)cc1F. The van der Waals surface area contributed by atoms with Crippen LogP contribution in [0.3, 0.4) is 0 Å². The van der Waals surface area contributed by atoms with Crippen molar-refractivity contribution in [3.8, 4) is 5.75 Å². The molecule has 2 rings (SSSR count). The first-order valence-electron chi connectivity index (χ1n) is 6.27. The summed E-state index contributed by atoms with van der Waals surface area (Å²) >= 11 is 5.75. The Bertz CT molecular complexity index is 669. The Labute approximate surface area is 130 Å². The second-order valence-corrected chi connectivity index (χ2v) is 4.98. The van der Waals surface area contributed by atoms with Crippen LogP contribution in [0.15, 0.2) is 36.4 Å². The van der Waals surface area contributed by atoms with Gasteiger partial charge in [0.1, 0.15) is 22.9 Å². The lowest BCUT2D eigenvalue weighted by molar-refractivity contribution is 0.0909. The van der Waals surface area contributed by atoms with E-state index in [4.69, 9.17) is 11.6 Å². The van der Waals surface area contributed by atoms with Gasteiger partial charge in [-0.2, -0.15) is 0 Å². The predicted octanol–water partition coefficient (Wildman–Crippen LogP) is 2.79. The maximum Gasteiger partial charge on any atom is 0.258 e. The zero-order valence-corrected chi connectivity index (χ0v) is 11.9. The number of aliphatic hydroxyl groups excluding tert-OH is 1. The molecule has 0 aliphatic carbocycles. The predicted molar refractivity (Wildman–Crippen MR) is 76.8 cm³/mol. The quantitative estimate of drug-likeness (QED) is 0.808. The first-order valence-corrected chi connectivity index (χ1v) is 6.65. The fourth-order valence-electron chi connectivity index (χ4n) is 1.94. The number of nitrogens with one attached hydrogen (secondary N) is 1. The third-order valence-corrected chi connectivity index (χ3v) is 3.27. The molecule has 2 aromatic carbocycles. The summed E-state index contributed by atoms with van der Waals surface area (Å²) in [5.74, 6) is -3.97. The van der Waals surface area contributed by atoms with E-state index in [1.807, 2.05) is 0 Å². The molecule has 1 atom stereocenters. The summed E-state index contributed by atoms with van der Waals surface area (Å²) in [6.45, 7) is -0.447. The van der Waals surface area contributed by atoms with E-state index in [0.717, 1.165) is 0 Å². The molecular weight excluding hydrogens is 316 g/mol. The van der Waals surface area contributed by atoms with E-state index < -0.39 is 41.5 Å². The van der Waals surface area contributed by atoms with Crippen molar-refractivity contribution in [1.82, 2.24) is 5.32 Å². The largest absolute Gasteiger partial charge is 0.507 e. The molecule has 116 valence electrons. The van der Waals surface area contributed by atoms with Crippen LogP contribution in [-0.4, -0.2) is 22.7 Å². The van der Waals surface area contributed by atoms with Crippen LogP contribution in [0.4, 0.5) is 8.78 Å². The number of halogens is 3. The molecule has 4 nitrogen and oxygen atoms in total. The number of phenols is 1. The number of benzene rings is 2. The molecule has 3 N–H and O–H groups in total. The average molecular weight is 328 g/mol. The van der Waals surface area contributed by atoms with Crippen molar-refractivity contribution in [2.75, 3.05) is 6.61 Å². The van der Waals surface area contributed by atoms with Crippen molar-refractivity contribution in [2.45, 2.75) is 6.04 Å². The Morgan fingerprint density at radius 1 is 1.23 bits per heavy atom. The summed E-state index contributed by atoms with van der Waals surface area (Å²) in [7, 11) is 0. The number of phenolic OH excluding ortho intramolecular Hbond substituents is 1. The van der Waals surface area contributed by atoms with Gasteiger partial charge in [0.2, 0.25) is 0 Å². The molecular formula is C15H12ClF2NO3. The van der Waals surface area contributed by atoms with Crippen LogP contribution in [0.2, 0.25) is 5.02 Å². The van der Waals surface area contributed by atoms with Crippen LogP contribution in [0.5, 0.6) is 5.75 Å². The molecule has 22 heavy (non-hydrogen) atoms. The number of carbonyl (C=O) groups is 1. The summed E-state index contributed by atoms with van der Waals surface area (Å²) in [6.07, 6.45) is 0. The van der Waals surface area contributed by atoms with Gasteiger partial charge in [-0.3, -0.25) is 4.79 Å². The van der Waals surface area contributed by atoms with Crippen molar-refractivity contribution in [3.63, 3.8) is 0 Å². The Balaban J connectivity index is 2.25. The van der Waals surface area contributed by atoms with E-state index in [-0.39, 0.29) is 0 Å². The second kappa shape index (κ2) is 6.72. The minimum absolute atomic E-state index is 0.447. The monoisotopic (exact) mass is 327 g/mol. The fourth-order valence-corrected chi connectivity index (χ4v) is 2.07. The van der Waals surface area contributed by atoms with E-state index in [2.05, 4.69) is 5.32 Å². The van der Waals surface area contributed by atoms with Crippen molar-refractivity contribution in [1.29, 1.82) is 0 Å². The Morgan fingerprint density at radius 2 is 1.86 bits per heavy atom. The minimum Gasteiger partial charge on any atom is -0.507 e. The molecule has 0 aliphatic rings. The highest BCUT2D eigenvalue weighted by molar-refractivity contribution is 6.30. The topological polar surface area (TPSA) is 69.6 Å². The molecule has 0 aliphatic heterocycles. The van der Waals surface area contributed by atoms with Crippen LogP contribution in [0.25, 0.3) is 0 Å². The second-order valence-electron chi connectivity index (χ2n) is 4.54. The third-order valence-electron chi connectivity index (χ3n) is 3.02. The van der Waals surface area contributed by atoms with Crippen LogP contribution in [0, 0.1) is 11.6 Å². The molecule has 0 fully saturated rings. The van der Waals surface area contributed by atoms with Crippen LogP contribution < -0.4 is 5.32 Å². The van der Waals surface area contributed by atoms with E-state index in [1.165, 1.54) is 0 Å². The van der Waals surface area contributed by atoms with Gasteiger partial charge >= 0.3 is 0 Å². The van der Waals surface area contributed by atoms with Gasteiger partial charge in [0.25, 0.3) is 5.91 Å². The van der Waals surface area contributed by atoms with Gasteiger partial charge in [-0.15, -0.1) is 0 Å². The van der Waals surface area contributed by atoms with Gasteiger partial charge in [-0.05, 0) is 17.7 Å². The summed E-state index contributed by atoms with van der Waals surface area (Å²) in [5, 5.41) is 21.7. The van der Waals surface area contributed by atoms with Crippen molar-refractivity contribution in [2.24, 2.45) is 0 Å². The molecule has 7 heteroatoms. The summed E-state index contributed by atoms with van der Waals surface area (Å²) in [6, 6.07) is 6.62. The van der Waals surface area contributed by atoms with Crippen LogP contribution in [-0.2, 0) is 0 Å². The van der Waals surface area contributed by atoms with Gasteiger partial charge in [-0.25, -0.2) is 8.78 Å². The number of hydrogen-bond donors (Lipinski definition) is 3. The molecule has 0 aromatic heterocycles. The maximum atomic E-state index is 13.6. The zero-order chi connectivity index (χ0) is 16.3. The molecule has 0 saturated carbocycles. The molecule has 2 aromatic rings. The maximum absolute atomic E-state index is 13.6. The highest BCUT2D eigenvalue weighted by Gasteiger charge is 2.22. The standard InChI is InChI=1S/C15H12ClF2NO3/c16-9-3-1-8(2-4-9)12(7-20)19-15(22)14-11(18)5-10(17)6-13(14)21/h1-6,12,20-21H,7H2,(H,19,22). The summed E-state index contributed by atoms with van der Waals surface area (Å²) in [5.41, 5.74) is -0.143. The van der Waals surface area contributed by atoms with Crippen LogP contribution in [0.1, 0.15) is 22.0 Å². The Kier molecular flexibility index (Phi) is 4.95. The van der Waals surface area contributed by atoms with Crippen molar-refractivity contribution < 1.29 is 23.8 Å². The lowest BCUT2D eigenvalue weighted by atomic mass is 10.1. The van der Waals surface area contributed by atoms with Crippen LogP contribution >= 0.6 is 11.6 Å². The molecule has 0 bridgehead atoms. The molecule has 1 unspecified atom stereocenters. The van der Waals surface area contributed by atoms with Gasteiger partial charge < -0.3 is 15.5 Å². The lowest BCUT2D eigenvalue weighted by Gasteiger charge is -2.17. The van der Waals surface area contributed by atoms with Gasteiger partial charge in [-0.1, -0.05) is 23.7 Å². The van der Waals surface area contributed by atoms with E-state index in [0.29, 0.717) is 22.7 Å². The third kappa shape index (κ3) is 3.52. The van der Waals surface area contributed by atoms with E-state index in [1.54, 1.807) is 24.3 Å². The van der Waals surface area contributed by atoms with Crippen molar-refractivity contribution in [3.05, 3.63) is 64.2 Å². The first kappa shape index (κ1) is 16.2. The van der Waals surface area contributed by atoms with Gasteiger partial charge in [0.05, 0.1) is 12.6 Å². The zero-order valence-electron chi connectivity index (χ0n) is 11.2. The summed E-state index contributed by atoms with van der Waals surface area (Å²) in [4.78, 5) is 12.0. The number of amides is 1. The number of hydrogen-bond acceptors (Lipinski definition) is 3.